The van der Waals surface area contributed by atoms with E-state index in [1.165, 1.54) is 24.8 Å². The molecule has 0 atom stereocenters. The van der Waals surface area contributed by atoms with Gasteiger partial charge >= 0.3 is 5.97 Å². The van der Waals surface area contributed by atoms with Crippen LogP contribution in [0.5, 0.6) is 0 Å². The van der Waals surface area contributed by atoms with Crippen molar-refractivity contribution in [3.05, 3.63) is 41.5 Å². The number of carbonyl (C=O) groups excluding carboxylic acids is 1. The lowest BCUT2D eigenvalue weighted by Crippen LogP contribution is -2.21. The van der Waals surface area contributed by atoms with Gasteiger partial charge in [0.05, 0.1) is 11.0 Å². The second kappa shape index (κ2) is 8.69. The number of aromatic nitrogens is 3. The fourth-order valence-electron chi connectivity index (χ4n) is 4.93. The maximum atomic E-state index is 13.2. The molecule has 2 N–H and O–H groups in total. The van der Waals surface area contributed by atoms with E-state index in [-0.39, 0.29) is 12.1 Å². The molecule has 2 aromatic heterocycles. The zero-order valence-electron chi connectivity index (χ0n) is 18.0. The lowest BCUT2D eigenvalue weighted by molar-refractivity contribution is 0.0214. The normalized spacial score (nSPS) is 17.7. The number of hydrogen-bond donors (Lipinski definition) is 1. The van der Waals surface area contributed by atoms with Gasteiger partial charge in [-0.3, -0.25) is 0 Å². The van der Waals surface area contributed by atoms with E-state index in [4.69, 9.17) is 20.4 Å². The summed E-state index contributed by atoms with van der Waals surface area (Å²) in [6.07, 6.45) is 13.3. The lowest BCUT2D eigenvalue weighted by atomic mass is 9.97. The molecule has 3 aromatic rings. The first-order valence-electron chi connectivity index (χ1n) is 11.6. The van der Waals surface area contributed by atoms with Crippen molar-refractivity contribution < 1.29 is 9.53 Å². The topological polar surface area (TPSA) is 83.0 Å². The van der Waals surface area contributed by atoms with Crippen LogP contribution in [0.2, 0.25) is 0 Å². The highest BCUT2D eigenvalue weighted by molar-refractivity contribution is 6.08. The second-order valence-electron chi connectivity index (χ2n) is 8.82. The average Bonchev–Trinajstić information content (AvgIpc) is 3.07. The number of nitrogens with zero attached hydrogens (tertiary/aromatic N) is 3. The molecular weight excluding hydrogens is 388 g/mol. The highest BCUT2D eigenvalue weighted by Crippen LogP contribution is 2.31. The van der Waals surface area contributed by atoms with Crippen LogP contribution in [-0.2, 0) is 11.3 Å². The van der Waals surface area contributed by atoms with Gasteiger partial charge in [-0.2, -0.15) is 0 Å². The summed E-state index contributed by atoms with van der Waals surface area (Å²) in [4.78, 5) is 22.8. The van der Waals surface area contributed by atoms with E-state index in [9.17, 15) is 4.79 Å². The Kier molecular flexibility index (Phi) is 5.62. The first-order chi connectivity index (χ1) is 15.2. The van der Waals surface area contributed by atoms with E-state index in [0.29, 0.717) is 29.1 Å². The summed E-state index contributed by atoms with van der Waals surface area (Å²) in [5.41, 5.74) is 11.2. The van der Waals surface area contributed by atoms with Crippen LogP contribution in [0, 0.1) is 0 Å². The maximum absolute atomic E-state index is 13.2. The third kappa shape index (κ3) is 4.03. The van der Waals surface area contributed by atoms with Crippen molar-refractivity contribution in [2.45, 2.75) is 76.9 Å². The molecule has 162 valence electrons. The Labute approximate surface area is 182 Å². The van der Waals surface area contributed by atoms with Crippen LogP contribution < -0.4 is 5.73 Å². The molecule has 2 aliphatic carbocycles. The molecule has 0 radical (unpaired) electrons. The highest BCUT2D eigenvalue weighted by Gasteiger charge is 2.27. The fraction of sp³-hybridized carbons (Fsp3) is 0.480. The second-order valence-corrected chi connectivity index (χ2v) is 8.82. The Balaban J connectivity index is 1.54. The van der Waals surface area contributed by atoms with Crippen LogP contribution in [0.15, 0.2) is 35.9 Å². The number of aryl methyl sites for hydroxylation is 1. The summed E-state index contributed by atoms with van der Waals surface area (Å²) >= 11 is 0. The molecule has 1 aromatic carbocycles. The monoisotopic (exact) mass is 418 g/mol. The minimum Gasteiger partial charge on any atom is -0.459 e. The van der Waals surface area contributed by atoms with Crippen LogP contribution in [0.1, 0.15) is 74.6 Å². The smallest absolute Gasteiger partial charge is 0.344 e. The molecule has 1 fully saturated rings. The third-order valence-electron chi connectivity index (χ3n) is 6.66. The van der Waals surface area contributed by atoms with Crippen LogP contribution >= 0.6 is 0 Å². The van der Waals surface area contributed by atoms with Gasteiger partial charge in [-0.25, -0.2) is 14.8 Å². The van der Waals surface area contributed by atoms with Crippen LogP contribution in [0.4, 0.5) is 5.82 Å². The molecule has 5 rings (SSSR count). The summed E-state index contributed by atoms with van der Waals surface area (Å²) in [6, 6.07) is 7.74. The van der Waals surface area contributed by atoms with Gasteiger partial charge < -0.3 is 15.0 Å². The molecule has 6 heteroatoms. The van der Waals surface area contributed by atoms with Gasteiger partial charge in [0.1, 0.15) is 23.0 Å². The Bertz CT molecular complexity index is 1140. The van der Waals surface area contributed by atoms with Gasteiger partial charge in [0.2, 0.25) is 0 Å². The molecule has 0 aliphatic heterocycles. The Morgan fingerprint density at radius 1 is 1.06 bits per heavy atom. The number of fused-ring (bicyclic) bond motifs is 2. The number of nitrogens with two attached hydrogens (primary N) is 1. The van der Waals surface area contributed by atoms with Crippen LogP contribution in [0.3, 0.4) is 0 Å². The van der Waals surface area contributed by atoms with E-state index in [1.807, 2.05) is 28.8 Å². The first kappa shape index (κ1) is 20.0. The summed E-state index contributed by atoms with van der Waals surface area (Å²) in [7, 11) is 0. The molecular formula is C25H30N4O2. The fourth-order valence-corrected chi connectivity index (χ4v) is 4.93. The molecule has 2 heterocycles. The van der Waals surface area contributed by atoms with Crippen molar-refractivity contribution in [1.82, 2.24) is 14.5 Å². The van der Waals surface area contributed by atoms with Crippen molar-refractivity contribution in [2.75, 3.05) is 5.73 Å². The molecule has 0 amide bonds. The van der Waals surface area contributed by atoms with Crippen molar-refractivity contribution in [1.29, 1.82) is 0 Å². The molecule has 0 unspecified atom stereocenters. The number of anilines is 1. The average molecular weight is 419 g/mol. The maximum Gasteiger partial charge on any atom is 0.344 e. The number of rotatable bonds is 5. The van der Waals surface area contributed by atoms with Gasteiger partial charge in [-0.1, -0.05) is 30.2 Å². The number of carbonyl (C=O) groups is 1. The molecule has 0 bridgehead atoms. The van der Waals surface area contributed by atoms with E-state index in [0.717, 1.165) is 56.0 Å². The van der Waals surface area contributed by atoms with Gasteiger partial charge in [-0.15, -0.1) is 0 Å². The third-order valence-corrected chi connectivity index (χ3v) is 6.66. The first-order valence-corrected chi connectivity index (χ1v) is 11.6. The molecule has 0 spiro atoms. The largest absolute Gasteiger partial charge is 0.459 e. The Hall–Kier alpha value is -2.89. The number of benzene rings is 1. The number of allylic oxidation sites excluding steroid dienone is 2. The summed E-state index contributed by atoms with van der Waals surface area (Å²) in [6.45, 7) is 0.692. The SMILES string of the molecule is Nc1c(C(=O)OC2CCCCC2)c2nc3ccccc3nc2n1CCC1=CCCCC1. The number of esters is 1. The zero-order valence-corrected chi connectivity index (χ0v) is 18.0. The van der Waals surface area contributed by atoms with Crippen molar-refractivity contribution in [3.8, 4) is 0 Å². The van der Waals surface area contributed by atoms with Crippen molar-refractivity contribution >= 4 is 34.0 Å². The van der Waals surface area contributed by atoms with E-state index in [2.05, 4.69) is 6.08 Å². The predicted molar refractivity (Wildman–Crippen MR) is 123 cm³/mol. The highest BCUT2D eigenvalue weighted by atomic mass is 16.5. The standard InChI is InChI=1S/C25H30N4O2/c26-23-21(25(30)31-18-11-5-2-6-12-18)22-24(28-20-14-8-7-13-19(20)27-22)29(23)16-15-17-9-3-1-4-10-17/h7-9,13-14,18H,1-6,10-12,15-16,26H2. The minimum absolute atomic E-state index is 0.0279. The number of para-hydroxylation sites is 2. The Morgan fingerprint density at radius 2 is 1.84 bits per heavy atom. The summed E-state index contributed by atoms with van der Waals surface area (Å²) in [5.74, 6) is 0.0529. The minimum atomic E-state index is -0.366. The molecule has 6 nitrogen and oxygen atoms in total. The molecule has 0 saturated heterocycles. The Morgan fingerprint density at radius 3 is 2.58 bits per heavy atom. The van der Waals surface area contributed by atoms with Gasteiger partial charge in [0.15, 0.2) is 5.65 Å². The number of hydrogen-bond acceptors (Lipinski definition) is 5. The molecule has 2 aliphatic rings. The van der Waals surface area contributed by atoms with E-state index in [1.54, 1.807) is 0 Å². The van der Waals surface area contributed by atoms with Gasteiger partial charge in [0.25, 0.3) is 0 Å². The van der Waals surface area contributed by atoms with E-state index < -0.39 is 0 Å². The van der Waals surface area contributed by atoms with Crippen molar-refractivity contribution in [3.63, 3.8) is 0 Å². The zero-order chi connectivity index (χ0) is 21.2. The molecule has 1 saturated carbocycles. The summed E-state index contributed by atoms with van der Waals surface area (Å²) in [5, 5.41) is 0. The quantitative estimate of drug-likeness (QED) is 0.434. The summed E-state index contributed by atoms with van der Waals surface area (Å²) < 4.78 is 7.83. The van der Waals surface area contributed by atoms with Crippen LogP contribution in [0.25, 0.3) is 22.2 Å². The lowest BCUT2D eigenvalue weighted by Gasteiger charge is -2.21. The van der Waals surface area contributed by atoms with Gasteiger partial charge in [0, 0.05) is 6.54 Å². The number of nitrogen functional groups attached to an aromatic ring is 1. The molecule has 31 heavy (non-hydrogen) atoms. The van der Waals surface area contributed by atoms with Crippen molar-refractivity contribution in [2.24, 2.45) is 0 Å². The van der Waals surface area contributed by atoms with E-state index >= 15 is 0 Å². The predicted octanol–water partition coefficient (Wildman–Crippen LogP) is 5.55. The van der Waals surface area contributed by atoms with Crippen LogP contribution in [-0.4, -0.2) is 26.6 Å². The van der Waals surface area contributed by atoms with Gasteiger partial charge in [-0.05, 0) is 69.9 Å². The number of ether oxygens (including phenoxy) is 1.